The molecule has 2 aromatic heterocycles. The first-order chi connectivity index (χ1) is 12.4. The van der Waals surface area contributed by atoms with Crippen molar-refractivity contribution in [3.05, 3.63) is 62.1 Å². The molecule has 0 spiro atoms. The number of aromatic nitrogens is 2. The van der Waals surface area contributed by atoms with Crippen molar-refractivity contribution in [1.29, 1.82) is 0 Å². The molecular weight excluding hydrogens is 356 g/mol. The molecule has 0 bridgehead atoms. The maximum atomic E-state index is 12.6. The van der Waals surface area contributed by atoms with Crippen molar-refractivity contribution in [3.8, 4) is 0 Å². The van der Waals surface area contributed by atoms with Gasteiger partial charge in [-0.25, -0.2) is 9.48 Å². The minimum Gasteiger partial charge on any atom is -0.465 e. The van der Waals surface area contributed by atoms with Crippen LogP contribution in [0.5, 0.6) is 0 Å². The van der Waals surface area contributed by atoms with Crippen LogP contribution >= 0.6 is 11.6 Å². The Bertz CT molecular complexity index is 1040. The van der Waals surface area contributed by atoms with E-state index < -0.39 is 11.6 Å². The largest absolute Gasteiger partial charge is 0.465 e. The van der Waals surface area contributed by atoms with Crippen molar-refractivity contribution in [3.63, 3.8) is 0 Å². The number of ether oxygens (including phenoxy) is 1. The lowest BCUT2D eigenvalue weighted by Gasteiger charge is -2.08. The summed E-state index contributed by atoms with van der Waals surface area (Å²) < 4.78 is 11.8. The van der Waals surface area contributed by atoms with E-state index in [0.29, 0.717) is 22.7 Å². The molecule has 6 nitrogen and oxygen atoms in total. The van der Waals surface area contributed by atoms with Crippen LogP contribution < -0.4 is 5.63 Å². The topological polar surface area (TPSA) is 74.3 Å². The molecule has 0 saturated carbocycles. The number of rotatable bonds is 5. The van der Waals surface area contributed by atoms with Crippen molar-refractivity contribution < 1.29 is 13.9 Å². The van der Waals surface area contributed by atoms with E-state index in [4.69, 9.17) is 20.8 Å². The van der Waals surface area contributed by atoms with Crippen LogP contribution in [0.2, 0.25) is 5.02 Å². The zero-order valence-electron chi connectivity index (χ0n) is 14.8. The summed E-state index contributed by atoms with van der Waals surface area (Å²) in [7, 11) is 0. The second kappa shape index (κ2) is 7.33. The smallest absolute Gasteiger partial charge is 0.341 e. The molecule has 0 unspecified atom stereocenters. The highest BCUT2D eigenvalue weighted by molar-refractivity contribution is 6.31. The van der Waals surface area contributed by atoms with Gasteiger partial charge in [-0.2, -0.15) is 5.10 Å². The number of carbonyl (C=O) groups excluding carboxylic acids is 1. The lowest BCUT2D eigenvalue weighted by atomic mass is 10.0. The zero-order valence-corrected chi connectivity index (χ0v) is 15.6. The Labute approximate surface area is 155 Å². The predicted octanol–water partition coefficient (Wildman–Crippen LogP) is 3.41. The molecule has 0 atom stereocenters. The average molecular weight is 375 g/mol. The Hall–Kier alpha value is -2.60. The van der Waals surface area contributed by atoms with Gasteiger partial charge < -0.3 is 9.15 Å². The molecule has 0 radical (unpaired) electrons. The van der Waals surface area contributed by atoms with E-state index in [1.165, 1.54) is 4.68 Å². The molecule has 1 aromatic carbocycles. The van der Waals surface area contributed by atoms with E-state index in [0.717, 1.165) is 16.5 Å². The zero-order chi connectivity index (χ0) is 18.8. The van der Waals surface area contributed by atoms with Gasteiger partial charge in [0.1, 0.15) is 6.54 Å². The molecule has 0 saturated heterocycles. The first-order valence-corrected chi connectivity index (χ1v) is 8.68. The molecule has 0 aliphatic rings. The maximum Gasteiger partial charge on any atom is 0.341 e. The third-order valence-electron chi connectivity index (χ3n) is 4.25. The standard InChI is InChI=1S/C19H19ClN2O4/c1-4-25-16(23)10-22-18-17(12(3)21-22)11(2)14(19(24)26-18)9-13-7-5-6-8-15(13)20/h5-8H,4,9-10H2,1-3H3. The summed E-state index contributed by atoms with van der Waals surface area (Å²) in [6.45, 7) is 5.58. The first-order valence-electron chi connectivity index (χ1n) is 8.31. The molecule has 0 N–H and O–H groups in total. The number of nitrogens with zero attached hydrogens (tertiary/aromatic N) is 2. The number of aryl methyl sites for hydroxylation is 2. The minimum absolute atomic E-state index is 0.107. The number of fused-ring (bicyclic) bond motifs is 1. The van der Waals surface area contributed by atoms with E-state index in [1.807, 2.05) is 32.0 Å². The molecule has 0 fully saturated rings. The van der Waals surface area contributed by atoms with Crippen LogP contribution in [-0.2, 0) is 22.5 Å². The van der Waals surface area contributed by atoms with Crippen LogP contribution in [-0.4, -0.2) is 22.4 Å². The second-order valence-corrected chi connectivity index (χ2v) is 6.40. The predicted molar refractivity (Wildman–Crippen MR) is 98.6 cm³/mol. The maximum absolute atomic E-state index is 12.6. The molecule has 0 aliphatic carbocycles. The molecular formula is C19H19ClN2O4. The van der Waals surface area contributed by atoms with E-state index in [9.17, 15) is 9.59 Å². The van der Waals surface area contributed by atoms with Crippen molar-refractivity contribution >= 4 is 28.7 Å². The lowest BCUT2D eigenvalue weighted by molar-refractivity contribution is -0.144. The molecule has 26 heavy (non-hydrogen) atoms. The van der Waals surface area contributed by atoms with Gasteiger partial charge >= 0.3 is 11.6 Å². The van der Waals surface area contributed by atoms with E-state index in [-0.39, 0.29) is 18.9 Å². The van der Waals surface area contributed by atoms with Gasteiger partial charge in [0, 0.05) is 17.0 Å². The summed E-state index contributed by atoms with van der Waals surface area (Å²) in [6, 6.07) is 7.38. The van der Waals surface area contributed by atoms with Gasteiger partial charge in [-0.1, -0.05) is 29.8 Å². The summed E-state index contributed by atoms with van der Waals surface area (Å²) in [5.74, 6) is -0.433. The van der Waals surface area contributed by atoms with Gasteiger partial charge in [-0.05, 0) is 38.0 Å². The second-order valence-electron chi connectivity index (χ2n) is 5.99. The van der Waals surface area contributed by atoms with Crippen LogP contribution in [0, 0.1) is 13.8 Å². The van der Waals surface area contributed by atoms with Gasteiger partial charge in [-0.3, -0.25) is 4.79 Å². The number of hydrogen-bond acceptors (Lipinski definition) is 5. The third kappa shape index (κ3) is 3.37. The number of benzene rings is 1. The summed E-state index contributed by atoms with van der Waals surface area (Å²) in [5, 5.41) is 5.67. The van der Waals surface area contributed by atoms with Crippen molar-refractivity contribution in [1.82, 2.24) is 9.78 Å². The normalized spacial score (nSPS) is 11.1. The number of esters is 1. The highest BCUT2D eigenvalue weighted by Crippen LogP contribution is 2.26. The molecule has 3 aromatic rings. The monoisotopic (exact) mass is 374 g/mol. The molecule has 0 aliphatic heterocycles. The summed E-state index contributed by atoms with van der Waals surface area (Å²) in [4.78, 5) is 24.3. The Kier molecular flexibility index (Phi) is 5.13. The molecule has 7 heteroatoms. The first kappa shape index (κ1) is 18.2. The van der Waals surface area contributed by atoms with Crippen molar-refractivity contribution in [2.24, 2.45) is 0 Å². The Morgan fingerprint density at radius 3 is 2.73 bits per heavy atom. The van der Waals surface area contributed by atoms with Crippen LogP contribution in [0.4, 0.5) is 0 Å². The van der Waals surface area contributed by atoms with E-state index in [2.05, 4.69) is 5.10 Å². The van der Waals surface area contributed by atoms with Crippen molar-refractivity contribution in [2.45, 2.75) is 33.7 Å². The SMILES string of the molecule is CCOC(=O)Cn1nc(C)c2c(C)c(Cc3ccccc3Cl)c(=O)oc21. The van der Waals surface area contributed by atoms with Gasteiger partial charge in [0.15, 0.2) is 0 Å². The van der Waals surface area contributed by atoms with Gasteiger partial charge in [0.05, 0.1) is 17.7 Å². The third-order valence-corrected chi connectivity index (χ3v) is 4.62. The fourth-order valence-corrected chi connectivity index (χ4v) is 3.22. The van der Waals surface area contributed by atoms with Gasteiger partial charge in [0.2, 0.25) is 5.71 Å². The Balaban J connectivity index is 2.08. The number of halogens is 1. The van der Waals surface area contributed by atoms with E-state index in [1.54, 1.807) is 13.0 Å². The van der Waals surface area contributed by atoms with E-state index >= 15 is 0 Å². The Morgan fingerprint density at radius 1 is 1.31 bits per heavy atom. The lowest BCUT2D eigenvalue weighted by Crippen LogP contribution is -2.16. The summed E-state index contributed by atoms with van der Waals surface area (Å²) in [5.41, 5.74) is 2.67. The Morgan fingerprint density at radius 2 is 2.04 bits per heavy atom. The fourth-order valence-electron chi connectivity index (χ4n) is 3.02. The van der Waals surface area contributed by atoms with Crippen LogP contribution in [0.25, 0.3) is 11.1 Å². The molecule has 0 amide bonds. The summed E-state index contributed by atoms with van der Waals surface area (Å²) >= 11 is 6.22. The molecule has 136 valence electrons. The minimum atomic E-state index is -0.458. The summed E-state index contributed by atoms with van der Waals surface area (Å²) in [6.07, 6.45) is 0.367. The van der Waals surface area contributed by atoms with Crippen LogP contribution in [0.1, 0.15) is 29.3 Å². The van der Waals surface area contributed by atoms with Crippen molar-refractivity contribution in [2.75, 3.05) is 6.61 Å². The highest BCUT2D eigenvalue weighted by Gasteiger charge is 2.20. The molecule has 2 heterocycles. The quantitative estimate of drug-likeness (QED) is 0.640. The fraction of sp³-hybridized carbons (Fsp3) is 0.316. The van der Waals surface area contributed by atoms with Gasteiger partial charge in [-0.15, -0.1) is 0 Å². The highest BCUT2D eigenvalue weighted by atomic mass is 35.5. The van der Waals surface area contributed by atoms with Gasteiger partial charge in [0.25, 0.3) is 0 Å². The average Bonchev–Trinajstić information content (AvgIpc) is 2.88. The van der Waals surface area contributed by atoms with Crippen LogP contribution in [0.15, 0.2) is 33.5 Å². The van der Waals surface area contributed by atoms with Crippen LogP contribution in [0.3, 0.4) is 0 Å². The number of hydrogen-bond donors (Lipinski definition) is 0. The number of carbonyl (C=O) groups is 1. The molecule has 3 rings (SSSR count).